The first-order valence-electron chi connectivity index (χ1n) is 2.15. The zero-order chi connectivity index (χ0) is 7.44. The van der Waals surface area contributed by atoms with E-state index in [9.17, 15) is 9.59 Å². The number of aliphatic carboxylic acids is 1. The van der Waals surface area contributed by atoms with Crippen molar-refractivity contribution in [3.05, 3.63) is 11.6 Å². The third-order valence-corrected chi connectivity index (χ3v) is 0.776. The Morgan fingerprint density at radius 3 is 2.11 bits per heavy atom. The Bertz CT molecular complexity index is 171. The molecule has 9 heavy (non-hydrogen) atoms. The van der Waals surface area contributed by atoms with E-state index in [2.05, 4.69) is 0 Å². The number of carboxylic acids is 1. The van der Waals surface area contributed by atoms with Crippen LogP contribution in [-0.2, 0) is 9.59 Å². The molecular formula is C5H5ClO3. The Balaban J connectivity index is 4.17. The largest absolute Gasteiger partial charge is 0.478 e. The van der Waals surface area contributed by atoms with Gasteiger partial charge in [-0.05, 0) is 18.5 Å². The van der Waals surface area contributed by atoms with Crippen LogP contribution in [0.15, 0.2) is 11.6 Å². The smallest absolute Gasteiger partial charge is 0.331 e. The molecule has 0 bridgehead atoms. The maximum Gasteiger partial charge on any atom is 0.331 e. The lowest BCUT2D eigenvalue weighted by molar-refractivity contribution is -0.132. The lowest BCUT2D eigenvalue weighted by atomic mass is 10.3. The highest BCUT2D eigenvalue weighted by Crippen LogP contribution is 1.93. The molecule has 0 aromatic carbocycles. The maximum absolute atomic E-state index is 9.98. The first-order chi connectivity index (χ1) is 4.04. The van der Waals surface area contributed by atoms with Gasteiger partial charge in [-0.1, -0.05) is 0 Å². The average Bonchev–Trinajstić information content (AvgIpc) is 1.63. The second kappa shape index (κ2) is 3.25. The molecule has 0 atom stereocenters. The van der Waals surface area contributed by atoms with E-state index in [-0.39, 0.29) is 5.57 Å². The highest BCUT2D eigenvalue weighted by Gasteiger charge is 2.00. The Morgan fingerprint density at radius 2 is 2.00 bits per heavy atom. The summed E-state index contributed by atoms with van der Waals surface area (Å²) in [5.41, 5.74) is -0.0602. The van der Waals surface area contributed by atoms with Crippen molar-refractivity contribution in [1.82, 2.24) is 0 Å². The van der Waals surface area contributed by atoms with Crippen LogP contribution in [0, 0.1) is 0 Å². The first-order valence-corrected chi connectivity index (χ1v) is 2.53. The molecule has 0 saturated carbocycles. The van der Waals surface area contributed by atoms with Gasteiger partial charge in [-0.15, -0.1) is 0 Å². The van der Waals surface area contributed by atoms with Gasteiger partial charge in [0.15, 0.2) is 0 Å². The fraction of sp³-hybridized carbons (Fsp3) is 0.200. The predicted molar refractivity (Wildman–Crippen MR) is 32.3 cm³/mol. The number of carbonyl (C=O) groups is 2. The summed E-state index contributed by atoms with van der Waals surface area (Å²) in [7, 11) is 0. The van der Waals surface area contributed by atoms with Gasteiger partial charge in [0.25, 0.3) is 0 Å². The lowest BCUT2D eigenvalue weighted by Gasteiger charge is -1.85. The fourth-order valence-corrected chi connectivity index (χ4v) is 0.396. The van der Waals surface area contributed by atoms with Crippen molar-refractivity contribution in [1.29, 1.82) is 0 Å². The van der Waals surface area contributed by atoms with E-state index in [0.29, 0.717) is 0 Å². The van der Waals surface area contributed by atoms with Crippen LogP contribution in [0.25, 0.3) is 0 Å². The molecular weight excluding hydrogens is 144 g/mol. The van der Waals surface area contributed by atoms with Crippen molar-refractivity contribution < 1.29 is 14.7 Å². The minimum atomic E-state index is -1.14. The SMILES string of the molecule is CC(=CC(=O)Cl)C(=O)O. The molecule has 4 heteroatoms. The zero-order valence-electron chi connectivity index (χ0n) is 4.72. The molecule has 0 aromatic heterocycles. The summed E-state index contributed by atoms with van der Waals surface area (Å²) in [6.45, 7) is 1.29. The lowest BCUT2D eigenvalue weighted by Crippen LogP contribution is -1.97. The normalized spacial score (nSPS) is 11.1. The second-order valence-corrected chi connectivity index (χ2v) is 1.81. The highest BCUT2D eigenvalue weighted by atomic mass is 35.5. The summed E-state index contributed by atoms with van der Waals surface area (Å²) in [5, 5.41) is 7.38. The highest BCUT2D eigenvalue weighted by molar-refractivity contribution is 6.66. The number of allylic oxidation sites excluding steroid dienone is 1. The van der Waals surface area contributed by atoms with Crippen LogP contribution in [0.1, 0.15) is 6.92 Å². The van der Waals surface area contributed by atoms with Crippen LogP contribution in [0.2, 0.25) is 0 Å². The Labute approximate surface area is 56.9 Å². The number of hydrogen-bond acceptors (Lipinski definition) is 2. The summed E-state index contributed by atoms with van der Waals surface area (Å²) in [5.74, 6) is -1.14. The zero-order valence-corrected chi connectivity index (χ0v) is 5.47. The molecule has 0 fully saturated rings. The molecule has 0 unspecified atom stereocenters. The van der Waals surface area contributed by atoms with Gasteiger partial charge in [0.2, 0.25) is 5.24 Å². The maximum atomic E-state index is 9.98. The van der Waals surface area contributed by atoms with E-state index in [4.69, 9.17) is 16.7 Å². The summed E-state index contributed by atoms with van der Waals surface area (Å²) in [4.78, 5) is 19.9. The molecule has 0 rings (SSSR count). The second-order valence-electron chi connectivity index (χ2n) is 1.44. The standard InChI is InChI=1S/C5H5ClO3/c1-3(5(8)9)2-4(6)7/h2H,1H3,(H,8,9). The first kappa shape index (κ1) is 8.17. The molecule has 0 amide bonds. The summed E-state index contributed by atoms with van der Waals surface area (Å²) in [6, 6.07) is 0. The predicted octanol–water partition coefficient (Wildman–Crippen LogP) is 0.783. The topological polar surface area (TPSA) is 54.4 Å². The number of carbonyl (C=O) groups excluding carboxylic acids is 1. The van der Waals surface area contributed by atoms with Gasteiger partial charge in [-0.25, -0.2) is 4.79 Å². The van der Waals surface area contributed by atoms with Gasteiger partial charge in [-0.3, -0.25) is 4.79 Å². The van der Waals surface area contributed by atoms with Crippen LogP contribution >= 0.6 is 11.6 Å². The van der Waals surface area contributed by atoms with E-state index in [1.165, 1.54) is 6.92 Å². The minimum absolute atomic E-state index is 0.0602. The molecule has 0 radical (unpaired) electrons. The van der Waals surface area contributed by atoms with Crippen molar-refractivity contribution in [2.75, 3.05) is 0 Å². The summed E-state index contributed by atoms with van der Waals surface area (Å²) >= 11 is 4.84. The molecule has 3 nitrogen and oxygen atoms in total. The van der Waals surface area contributed by atoms with Gasteiger partial charge < -0.3 is 5.11 Å². The molecule has 0 spiro atoms. The van der Waals surface area contributed by atoms with Gasteiger partial charge >= 0.3 is 5.97 Å². The molecule has 0 heterocycles. The Morgan fingerprint density at radius 1 is 1.56 bits per heavy atom. The van der Waals surface area contributed by atoms with Crippen molar-refractivity contribution >= 4 is 22.8 Å². The third-order valence-electron chi connectivity index (χ3n) is 0.667. The molecule has 0 aromatic rings. The van der Waals surface area contributed by atoms with Crippen LogP contribution in [-0.4, -0.2) is 16.3 Å². The number of halogens is 1. The quantitative estimate of drug-likeness (QED) is 0.465. The van der Waals surface area contributed by atoms with Crippen LogP contribution in [0.4, 0.5) is 0 Å². The molecule has 1 N–H and O–H groups in total. The van der Waals surface area contributed by atoms with E-state index in [1.807, 2.05) is 0 Å². The van der Waals surface area contributed by atoms with Crippen LogP contribution in [0.3, 0.4) is 0 Å². The van der Waals surface area contributed by atoms with E-state index in [1.54, 1.807) is 0 Å². The van der Waals surface area contributed by atoms with Crippen molar-refractivity contribution in [2.24, 2.45) is 0 Å². The van der Waals surface area contributed by atoms with Crippen molar-refractivity contribution in [3.63, 3.8) is 0 Å². The Kier molecular flexibility index (Phi) is 2.95. The molecule has 0 aliphatic heterocycles. The monoisotopic (exact) mass is 148 g/mol. The van der Waals surface area contributed by atoms with Gasteiger partial charge in [0, 0.05) is 11.6 Å². The number of carboxylic acid groups (broad SMARTS) is 1. The summed E-state index contributed by atoms with van der Waals surface area (Å²) < 4.78 is 0. The minimum Gasteiger partial charge on any atom is -0.478 e. The average molecular weight is 149 g/mol. The van der Waals surface area contributed by atoms with E-state index < -0.39 is 11.2 Å². The van der Waals surface area contributed by atoms with Gasteiger partial charge in [-0.2, -0.15) is 0 Å². The van der Waals surface area contributed by atoms with Crippen LogP contribution < -0.4 is 0 Å². The van der Waals surface area contributed by atoms with Crippen molar-refractivity contribution in [3.8, 4) is 0 Å². The molecule has 50 valence electrons. The van der Waals surface area contributed by atoms with Gasteiger partial charge in [0.05, 0.1) is 0 Å². The van der Waals surface area contributed by atoms with Crippen molar-refractivity contribution in [2.45, 2.75) is 6.92 Å². The Hall–Kier alpha value is -0.830. The summed E-state index contributed by atoms with van der Waals surface area (Å²) in [6.07, 6.45) is 0.851. The number of hydrogen-bond donors (Lipinski definition) is 1. The number of rotatable bonds is 2. The van der Waals surface area contributed by atoms with Crippen LogP contribution in [0.5, 0.6) is 0 Å². The molecule has 0 saturated heterocycles. The third kappa shape index (κ3) is 3.73. The van der Waals surface area contributed by atoms with E-state index in [0.717, 1.165) is 6.08 Å². The molecule has 0 aliphatic rings. The van der Waals surface area contributed by atoms with E-state index >= 15 is 0 Å². The fourth-order valence-electron chi connectivity index (χ4n) is 0.232. The van der Waals surface area contributed by atoms with Gasteiger partial charge in [0.1, 0.15) is 0 Å². The molecule has 0 aliphatic carbocycles.